The van der Waals surface area contributed by atoms with Crippen molar-refractivity contribution in [3.63, 3.8) is 0 Å². The Morgan fingerprint density at radius 1 is 1.30 bits per heavy atom. The monoisotopic (exact) mass is 318 g/mol. The summed E-state index contributed by atoms with van der Waals surface area (Å²) in [4.78, 5) is 22.4. The Bertz CT molecular complexity index is 721. The van der Waals surface area contributed by atoms with Crippen LogP contribution in [0.3, 0.4) is 0 Å². The zero-order chi connectivity index (χ0) is 16.8. The van der Waals surface area contributed by atoms with Gasteiger partial charge < -0.3 is 10.1 Å². The van der Waals surface area contributed by atoms with Crippen LogP contribution < -0.4 is 10.1 Å². The van der Waals surface area contributed by atoms with E-state index in [2.05, 4.69) is 5.32 Å². The first-order valence-electron chi connectivity index (χ1n) is 6.97. The summed E-state index contributed by atoms with van der Waals surface area (Å²) in [7, 11) is 0. The molecule has 0 aliphatic heterocycles. The highest BCUT2D eigenvalue weighted by Gasteiger charge is 2.20. The molecule has 120 valence electrons. The Labute approximate surface area is 132 Å². The quantitative estimate of drug-likeness (QED) is 0.652. The molecule has 1 N–H and O–H groups in total. The Balaban J connectivity index is 2.10. The second kappa shape index (κ2) is 7.35. The second-order valence-corrected chi connectivity index (χ2v) is 4.74. The minimum Gasteiger partial charge on any atom is -0.478 e. The van der Waals surface area contributed by atoms with Gasteiger partial charge in [-0.15, -0.1) is 0 Å². The van der Waals surface area contributed by atoms with Gasteiger partial charge in [-0.05, 0) is 24.6 Å². The standard InChI is InChI=1S/C16H15FN2O4/c1-2-14(23-15-9-4-3-8-13(15)17)16(20)18-11-6-5-7-12(10-11)19(21)22/h3-10,14H,2H2,1H3,(H,18,20)/t14-/m1/s1. The molecule has 2 aromatic carbocycles. The fourth-order valence-electron chi connectivity index (χ4n) is 1.94. The molecular weight excluding hydrogens is 303 g/mol. The number of rotatable bonds is 6. The van der Waals surface area contributed by atoms with Gasteiger partial charge in [-0.25, -0.2) is 4.39 Å². The average Bonchev–Trinajstić information content (AvgIpc) is 2.54. The van der Waals surface area contributed by atoms with Gasteiger partial charge in [0.2, 0.25) is 0 Å². The zero-order valence-corrected chi connectivity index (χ0v) is 12.4. The van der Waals surface area contributed by atoms with E-state index in [9.17, 15) is 19.3 Å². The molecule has 2 rings (SSSR count). The predicted molar refractivity (Wildman–Crippen MR) is 82.8 cm³/mol. The Kier molecular flexibility index (Phi) is 5.24. The fourth-order valence-corrected chi connectivity index (χ4v) is 1.94. The number of benzene rings is 2. The first-order chi connectivity index (χ1) is 11.0. The molecular formula is C16H15FN2O4. The van der Waals surface area contributed by atoms with Crippen molar-refractivity contribution in [2.75, 3.05) is 5.32 Å². The molecule has 6 nitrogen and oxygen atoms in total. The van der Waals surface area contributed by atoms with Crippen LogP contribution in [0.2, 0.25) is 0 Å². The molecule has 0 fully saturated rings. The maximum Gasteiger partial charge on any atom is 0.271 e. The van der Waals surface area contributed by atoms with Gasteiger partial charge in [0.15, 0.2) is 17.7 Å². The van der Waals surface area contributed by atoms with Gasteiger partial charge in [-0.3, -0.25) is 14.9 Å². The van der Waals surface area contributed by atoms with E-state index in [1.54, 1.807) is 13.0 Å². The number of para-hydroxylation sites is 1. The summed E-state index contributed by atoms with van der Waals surface area (Å²) >= 11 is 0. The Hall–Kier alpha value is -2.96. The largest absolute Gasteiger partial charge is 0.478 e. The van der Waals surface area contributed by atoms with Crippen LogP contribution in [-0.4, -0.2) is 16.9 Å². The van der Waals surface area contributed by atoms with E-state index in [1.807, 2.05) is 0 Å². The summed E-state index contributed by atoms with van der Waals surface area (Å²) in [6, 6.07) is 11.3. The van der Waals surface area contributed by atoms with E-state index in [4.69, 9.17) is 4.74 Å². The van der Waals surface area contributed by atoms with E-state index >= 15 is 0 Å². The number of halogens is 1. The molecule has 0 saturated heterocycles. The molecule has 2 aromatic rings. The molecule has 0 radical (unpaired) electrons. The molecule has 1 amide bonds. The van der Waals surface area contributed by atoms with Crippen molar-refractivity contribution in [2.24, 2.45) is 0 Å². The normalized spacial score (nSPS) is 11.6. The van der Waals surface area contributed by atoms with E-state index in [0.29, 0.717) is 6.42 Å². The van der Waals surface area contributed by atoms with Crippen molar-refractivity contribution in [1.82, 2.24) is 0 Å². The highest BCUT2D eigenvalue weighted by Crippen LogP contribution is 2.20. The third-order valence-electron chi connectivity index (χ3n) is 3.09. The number of ether oxygens (including phenoxy) is 1. The summed E-state index contributed by atoms with van der Waals surface area (Å²) in [6.45, 7) is 1.72. The minimum absolute atomic E-state index is 0.0199. The topological polar surface area (TPSA) is 81.5 Å². The lowest BCUT2D eigenvalue weighted by Gasteiger charge is -2.17. The second-order valence-electron chi connectivity index (χ2n) is 4.74. The Morgan fingerprint density at radius 2 is 2.04 bits per heavy atom. The number of amides is 1. The summed E-state index contributed by atoms with van der Waals surface area (Å²) in [5.41, 5.74) is 0.144. The van der Waals surface area contributed by atoms with Gasteiger partial charge in [0.1, 0.15) is 0 Å². The van der Waals surface area contributed by atoms with Crippen molar-refractivity contribution in [3.05, 3.63) is 64.5 Å². The van der Waals surface area contributed by atoms with Crippen LogP contribution in [0.1, 0.15) is 13.3 Å². The van der Waals surface area contributed by atoms with Crippen LogP contribution >= 0.6 is 0 Å². The number of carbonyl (C=O) groups excluding carboxylic acids is 1. The first-order valence-corrected chi connectivity index (χ1v) is 6.97. The Morgan fingerprint density at radius 3 is 2.70 bits per heavy atom. The lowest BCUT2D eigenvalue weighted by atomic mass is 10.2. The lowest BCUT2D eigenvalue weighted by molar-refractivity contribution is -0.384. The molecule has 0 spiro atoms. The van der Waals surface area contributed by atoms with Crippen LogP contribution in [0.5, 0.6) is 5.75 Å². The number of carbonyl (C=O) groups is 1. The van der Waals surface area contributed by atoms with Gasteiger partial charge in [0.25, 0.3) is 11.6 Å². The number of nitrogens with one attached hydrogen (secondary N) is 1. The maximum atomic E-state index is 13.6. The number of hydrogen-bond donors (Lipinski definition) is 1. The molecule has 0 unspecified atom stereocenters. The molecule has 0 aliphatic rings. The van der Waals surface area contributed by atoms with Gasteiger partial charge in [0, 0.05) is 17.8 Å². The molecule has 0 heterocycles. The molecule has 0 saturated carbocycles. The molecule has 0 bridgehead atoms. The third-order valence-corrected chi connectivity index (χ3v) is 3.09. The number of hydrogen-bond acceptors (Lipinski definition) is 4. The lowest BCUT2D eigenvalue weighted by Crippen LogP contribution is -2.32. The van der Waals surface area contributed by atoms with Crippen LogP contribution in [-0.2, 0) is 4.79 Å². The van der Waals surface area contributed by atoms with Gasteiger partial charge in [-0.2, -0.15) is 0 Å². The van der Waals surface area contributed by atoms with Crippen LogP contribution in [0.15, 0.2) is 48.5 Å². The highest BCUT2D eigenvalue weighted by atomic mass is 19.1. The third kappa shape index (κ3) is 4.26. The fraction of sp³-hybridized carbons (Fsp3) is 0.188. The van der Waals surface area contributed by atoms with Gasteiger partial charge >= 0.3 is 0 Å². The van der Waals surface area contributed by atoms with E-state index < -0.39 is 22.8 Å². The van der Waals surface area contributed by atoms with Gasteiger partial charge in [0.05, 0.1) is 4.92 Å². The SMILES string of the molecule is CC[C@@H](Oc1ccccc1F)C(=O)Nc1cccc([N+](=O)[O-])c1. The van der Waals surface area contributed by atoms with E-state index in [0.717, 1.165) is 0 Å². The van der Waals surface area contributed by atoms with E-state index in [-0.39, 0.29) is 17.1 Å². The highest BCUT2D eigenvalue weighted by molar-refractivity contribution is 5.94. The summed E-state index contributed by atoms with van der Waals surface area (Å²) in [6.07, 6.45) is -0.596. The molecule has 7 heteroatoms. The van der Waals surface area contributed by atoms with Crippen LogP contribution in [0.25, 0.3) is 0 Å². The van der Waals surface area contributed by atoms with Crippen LogP contribution in [0, 0.1) is 15.9 Å². The van der Waals surface area contributed by atoms with Crippen molar-refractivity contribution in [2.45, 2.75) is 19.4 Å². The number of anilines is 1. The van der Waals surface area contributed by atoms with Crippen molar-refractivity contribution in [1.29, 1.82) is 0 Å². The van der Waals surface area contributed by atoms with Crippen molar-refractivity contribution < 1.29 is 18.8 Å². The molecule has 23 heavy (non-hydrogen) atoms. The summed E-state index contributed by atoms with van der Waals surface area (Å²) in [5.74, 6) is -1.08. The minimum atomic E-state index is -0.911. The number of nitro benzene ring substituents is 1. The zero-order valence-electron chi connectivity index (χ0n) is 12.4. The van der Waals surface area contributed by atoms with Crippen LogP contribution in [0.4, 0.5) is 15.8 Å². The maximum absolute atomic E-state index is 13.6. The van der Waals surface area contributed by atoms with Gasteiger partial charge in [-0.1, -0.05) is 25.1 Å². The number of nitro groups is 1. The summed E-state index contributed by atoms with van der Waals surface area (Å²) < 4.78 is 19.0. The predicted octanol–water partition coefficient (Wildman–Crippen LogP) is 3.53. The van der Waals surface area contributed by atoms with Crippen molar-refractivity contribution in [3.8, 4) is 5.75 Å². The van der Waals surface area contributed by atoms with Crippen molar-refractivity contribution >= 4 is 17.3 Å². The smallest absolute Gasteiger partial charge is 0.271 e. The molecule has 1 atom stereocenters. The van der Waals surface area contributed by atoms with E-state index in [1.165, 1.54) is 42.5 Å². The molecule has 0 aromatic heterocycles. The average molecular weight is 318 g/mol. The number of non-ortho nitro benzene ring substituents is 1. The number of nitrogens with zero attached hydrogens (tertiary/aromatic N) is 1. The summed E-state index contributed by atoms with van der Waals surface area (Å²) in [5, 5.41) is 13.3. The molecule has 0 aliphatic carbocycles. The first kappa shape index (κ1) is 16.4.